The smallest absolute Gasteiger partial charge is 0.260 e. The zero-order valence-electron chi connectivity index (χ0n) is 32.6. The molecule has 11 heteroatoms. The molecular formula is C45H50ClN7O2S. The van der Waals surface area contributed by atoms with Crippen molar-refractivity contribution >= 4 is 40.8 Å². The second-order valence-corrected chi connectivity index (χ2v) is 16.9. The Hall–Kier alpha value is -4.77. The average Bonchev–Trinajstić information content (AvgIpc) is 3.49. The third kappa shape index (κ3) is 6.75. The molecule has 0 bridgehead atoms. The average molecular weight is 788 g/mol. The SMILES string of the molecule is CC1=CC(NNc2ccc(N3CCN(C4=CC5C6=C(OCCN6C(=O)c6c5c(-c5ccc(Cl)cc5)n(C)c6C)C4C)CC3)cc2)=CCC1NSC1=CCCC=C1. The second kappa shape index (κ2) is 15.3. The van der Waals surface area contributed by atoms with Gasteiger partial charge in [-0.3, -0.25) is 9.52 Å². The molecule has 6 aliphatic rings. The van der Waals surface area contributed by atoms with E-state index < -0.39 is 0 Å². The van der Waals surface area contributed by atoms with Gasteiger partial charge in [0, 0.05) is 71.8 Å². The van der Waals surface area contributed by atoms with Crippen LogP contribution in [0.5, 0.6) is 0 Å². The fourth-order valence-electron chi connectivity index (χ4n) is 9.07. The lowest BCUT2D eigenvalue weighted by atomic mass is 9.78. The molecule has 3 aromatic rings. The molecule has 290 valence electrons. The molecule has 3 aliphatic carbocycles. The zero-order valence-corrected chi connectivity index (χ0v) is 34.1. The highest BCUT2D eigenvalue weighted by Gasteiger charge is 2.47. The zero-order chi connectivity index (χ0) is 38.5. The number of nitrogens with one attached hydrogen (secondary N) is 3. The summed E-state index contributed by atoms with van der Waals surface area (Å²) < 4.78 is 12.3. The maximum absolute atomic E-state index is 14.2. The predicted molar refractivity (Wildman–Crippen MR) is 229 cm³/mol. The van der Waals surface area contributed by atoms with Gasteiger partial charge in [0.05, 0.1) is 46.7 Å². The number of aromatic nitrogens is 1. The van der Waals surface area contributed by atoms with E-state index in [1.165, 1.54) is 21.9 Å². The van der Waals surface area contributed by atoms with Crippen molar-refractivity contribution in [3.8, 4) is 11.3 Å². The number of ether oxygens (including phenoxy) is 1. The number of anilines is 2. The van der Waals surface area contributed by atoms with E-state index in [9.17, 15) is 4.79 Å². The van der Waals surface area contributed by atoms with Gasteiger partial charge in [0.1, 0.15) is 12.4 Å². The normalized spacial score (nSPS) is 23.1. The van der Waals surface area contributed by atoms with Crippen molar-refractivity contribution in [3.05, 3.63) is 140 Å². The molecule has 0 spiro atoms. The molecule has 0 radical (unpaired) electrons. The largest absolute Gasteiger partial charge is 0.494 e. The van der Waals surface area contributed by atoms with Gasteiger partial charge >= 0.3 is 0 Å². The molecule has 4 heterocycles. The van der Waals surface area contributed by atoms with Crippen LogP contribution in [0.2, 0.25) is 5.02 Å². The first-order valence-corrected chi connectivity index (χ1v) is 21.1. The van der Waals surface area contributed by atoms with Gasteiger partial charge in [-0.2, -0.15) is 0 Å². The molecule has 1 fully saturated rings. The number of carbonyl (C=O) groups is 1. The summed E-state index contributed by atoms with van der Waals surface area (Å²) in [6, 6.07) is 17.0. The summed E-state index contributed by atoms with van der Waals surface area (Å²) in [6.07, 6.45) is 16.9. The number of nitrogens with zero attached hydrogens (tertiary/aromatic N) is 4. The molecule has 3 atom stereocenters. The number of hydrogen-bond acceptors (Lipinski definition) is 8. The molecule has 0 saturated carbocycles. The first-order chi connectivity index (χ1) is 27.2. The van der Waals surface area contributed by atoms with Crippen LogP contribution in [0.15, 0.2) is 118 Å². The molecule has 2 aromatic carbocycles. The van der Waals surface area contributed by atoms with Gasteiger partial charge in [-0.15, -0.1) is 0 Å². The second-order valence-electron chi connectivity index (χ2n) is 15.5. The standard InChI is InChI=1S/C45H50ClN7O2S/c1-28-26-34(16-19-38(28)49-56-36-8-6-5-7-9-36)48-47-33-14-17-35(18-15-33)51-20-22-52(23-21-51)39-27-37-41-40(45(54)53-24-25-55-44(29(39)2)43(37)53)30(3)50(4)42(41)31-10-12-32(46)13-11-31/h6,8-18,26-27,29,37-38,47-49H,5,7,19-25H2,1-4H3. The maximum Gasteiger partial charge on any atom is 0.260 e. The fourth-order valence-corrected chi connectivity index (χ4v) is 10.1. The van der Waals surface area contributed by atoms with Crippen molar-refractivity contribution in [3.63, 3.8) is 0 Å². The number of piperazine rings is 1. The predicted octanol–water partition coefficient (Wildman–Crippen LogP) is 8.78. The van der Waals surface area contributed by atoms with Gasteiger partial charge in [0.25, 0.3) is 5.91 Å². The Balaban J connectivity index is 0.866. The van der Waals surface area contributed by atoms with Crippen LogP contribution in [-0.2, 0) is 11.8 Å². The highest BCUT2D eigenvalue weighted by molar-refractivity contribution is 8.01. The van der Waals surface area contributed by atoms with Crippen LogP contribution in [0.4, 0.5) is 11.4 Å². The Kier molecular flexibility index (Phi) is 10.1. The molecule has 3 unspecified atom stereocenters. The van der Waals surface area contributed by atoms with Crippen molar-refractivity contribution in [2.75, 3.05) is 49.7 Å². The van der Waals surface area contributed by atoms with Crippen molar-refractivity contribution in [2.45, 2.75) is 52.0 Å². The topological polar surface area (TPSA) is 77.0 Å². The van der Waals surface area contributed by atoms with Crippen LogP contribution in [0.1, 0.15) is 60.6 Å². The number of benzene rings is 2. The van der Waals surface area contributed by atoms with Crippen LogP contribution in [-0.4, -0.2) is 65.6 Å². The summed E-state index contributed by atoms with van der Waals surface area (Å²) in [4.78, 5) is 22.5. The third-order valence-corrected chi connectivity index (χ3v) is 13.4. The number of allylic oxidation sites excluding steroid dienone is 5. The Labute approximate surface area is 339 Å². The minimum atomic E-state index is -0.0795. The Morgan fingerprint density at radius 2 is 1.68 bits per heavy atom. The van der Waals surface area contributed by atoms with E-state index in [4.69, 9.17) is 16.3 Å². The van der Waals surface area contributed by atoms with E-state index >= 15 is 0 Å². The lowest BCUT2D eigenvalue weighted by Crippen LogP contribution is -2.50. The lowest BCUT2D eigenvalue weighted by molar-refractivity contribution is 0.0583. The van der Waals surface area contributed by atoms with E-state index in [-0.39, 0.29) is 17.7 Å². The summed E-state index contributed by atoms with van der Waals surface area (Å²) >= 11 is 8.04. The Morgan fingerprint density at radius 1 is 0.911 bits per heavy atom. The first kappa shape index (κ1) is 36.8. The van der Waals surface area contributed by atoms with Crippen LogP contribution in [0.3, 0.4) is 0 Å². The minimum absolute atomic E-state index is 0.0576. The Morgan fingerprint density at radius 3 is 2.41 bits per heavy atom. The molecular weight excluding hydrogens is 738 g/mol. The molecule has 1 amide bonds. The monoisotopic (exact) mass is 787 g/mol. The fraction of sp³-hybridized carbons (Fsp3) is 0.356. The van der Waals surface area contributed by atoms with E-state index in [2.05, 4.69) is 131 Å². The van der Waals surface area contributed by atoms with E-state index in [1.54, 1.807) is 11.9 Å². The number of fused-ring (bicyclic) bond motifs is 2. The minimum Gasteiger partial charge on any atom is -0.494 e. The molecule has 9 nitrogen and oxygen atoms in total. The number of rotatable bonds is 9. The number of hydrogen-bond donors (Lipinski definition) is 3. The summed E-state index contributed by atoms with van der Waals surface area (Å²) in [6.45, 7) is 11.2. The van der Waals surface area contributed by atoms with E-state index in [0.29, 0.717) is 24.2 Å². The van der Waals surface area contributed by atoms with Crippen LogP contribution in [0.25, 0.3) is 11.3 Å². The summed E-state index contributed by atoms with van der Waals surface area (Å²) in [5.41, 5.74) is 18.8. The molecule has 1 aromatic heterocycles. The maximum atomic E-state index is 14.2. The van der Waals surface area contributed by atoms with Gasteiger partial charge in [0.15, 0.2) is 0 Å². The van der Waals surface area contributed by atoms with Crippen molar-refractivity contribution < 1.29 is 9.53 Å². The van der Waals surface area contributed by atoms with Crippen LogP contribution >= 0.6 is 23.5 Å². The van der Waals surface area contributed by atoms with Gasteiger partial charge in [-0.05, 0) is 100 Å². The summed E-state index contributed by atoms with van der Waals surface area (Å²) in [5, 5.41) is 0.696. The van der Waals surface area contributed by atoms with E-state index in [0.717, 1.165) is 96.4 Å². The number of halogens is 1. The number of amides is 1. The van der Waals surface area contributed by atoms with Crippen LogP contribution < -0.4 is 20.5 Å². The summed E-state index contributed by atoms with van der Waals surface area (Å²) in [7, 11) is 2.07. The number of carbonyl (C=O) groups excluding carboxylic acids is 1. The Bertz CT molecular complexity index is 2220. The molecule has 3 aliphatic heterocycles. The van der Waals surface area contributed by atoms with Gasteiger partial charge in [-0.25, -0.2) is 0 Å². The molecule has 3 N–H and O–H groups in total. The van der Waals surface area contributed by atoms with E-state index in [1.807, 2.05) is 17.0 Å². The van der Waals surface area contributed by atoms with Gasteiger partial charge in [0.2, 0.25) is 0 Å². The molecule has 1 saturated heterocycles. The quantitative estimate of drug-likeness (QED) is 0.147. The highest BCUT2D eigenvalue weighted by Crippen LogP contribution is 2.51. The van der Waals surface area contributed by atoms with Crippen LogP contribution in [0, 0.1) is 12.8 Å². The third-order valence-electron chi connectivity index (χ3n) is 12.2. The van der Waals surface area contributed by atoms with Gasteiger partial charge in [-0.1, -0.05) is 59.7 Å². The number of hydrazine groups is 1. The van der Waals surface area contributed by atoms with Crippen molar-refractivity contribution in [1.29, 1.82) is 0 Å². The highest BCUT2D eigenvalue weighted by atomic mass is 35.5. The lowest BCUT2D eigenvalue weighted by Gasteiger charge is -2.47. The molecule has 9 rings (SSSR count). The summed E-state index contributed by atoms with van der Waals surface area (Å²) in [5.74, 6) is 0.997. The van der Waals surface area contributed by atoms with Crippen molar-refractivity contribution in [2.24, 2.45) is 13.0 Å². The molecule has 56 heavy (non-hydrogen) atoms. The van der Waals surface area contributed by atoms with Gasteiger partial charge < -0.3 is 34.9 Å². The first-order valence-electron chi connectivity index (χ1n) is 19.9. The van der Waals surface area contributed by atoms with Crippen molar-refractivity contribution in [1.82, 2.24) is 24.5 Å².